The highest BCUT2D eigenvalue weighted by Gasteiger charge is 2.21. The molecular formula is C19H22BrClN2O. The predicted octanol–water partition coefficient (Wildman–Crippen LogP) is 4.58. The van der Waals surface area contributed by atoms with Gasteiger partial charge in [0, 0.05) is 16.6 Å². The molecule has 1 unspecified atom stereocenters. The van der Waals surface area contributed by atoms with Crippen LogP contribution < -0.4 is 11.1 Å². The fraction of sp³-hybridized carbons (Fsp3) is 0.316. The zero-order chi connectivity index (χ0) is 16.2. The van der Waals surface area contributed by atoms with Crippen LogP contribution in [0.3, 0.4) is 0 Å². The zero-order valence-corrected chi connectivity index (χ0v) is 15.8. The molecule has 0 spiro atoms. The Hall–Kier alpha value is -1.52. The topological polar surface area (TPSA) is 55.1 Å². The van der Waals surface area contributed by atoms with Crippen LogP contribution in [0.15, 0.2) is 46.9 Å². The molecule has 128 valence electrons. The summed E-state index contributed by atoms with van der Waals surface area (Å²) in [6.45, 7) is 0. The molecule has 1 atom stereocenters. The van der Waals surface area contributed by atoms with Crippen molar-refractivity contribution in [2.24, 2.45) is 0 Å². The number of nitrogen functional groups attached to an aromatic ring is 1. The summed E-state index contributed by atoms with van der Waals surface area (Å²) in [4.78, 5) is 12.3. The lowest BCUT2D eigenvalue weighted by Gasteiger charge is -2.26. The molecule has 2 aromatic rings. The summed E-state index contributed by atoms with van der Waals surface area (Å²) in [7, 11) is 0. The van der Waals surface area contributed by atoms with E-state index in [1.807, 2.05) is 24.3 Å². The molecule has 0 aromatic heterocycles. The molecule has 3 nitrogen and oxygen atoms in total. The summed E-state index contributed by atoms with van der Waals surface area (Å²) in [5.41, 5.74) is 10.3. The zero-order valence-electron chi connectivity index (χ0n) is 13.4. The lowest BCUT2D eigenvalue weighted by molar-refractivity contribution is -0.121. The molecule has 3 rings (SSSR count). The lowest BCUT2D eigenvalue weighted by Crippen LogP contribution is -2.31. The Kier molecular flexibility index (Phi) is 6.69. The monoisotopic (exact) mass is 408 g/mol. The fourth-order valence-corrected chi connectivity index (χ4v) is 3.42. The van der Waals surface area contributed by atoms with E-state index in [4.69, 9.17) is 5.73 Å². The van der Waals surface area contributed by atoms with E-state index in [-0.39, 0.29) is 24.4 Å². The second-order valence-electron chi connectivity index (χ2n) is 6.10. The maximum absolute atomic E-state index is 12.3. The molecule has 0 bridgehead atoms. The normalized spacial score (nSPS) is 16.0. The molecular weight excluding hydrogens is 388 g/mol. The van der Waals surface area contributed by atoms with E-state index in [0.717, 1.165) is 35.8 Å². The Bertz CT molecular complexity index is 703. The van der Waals surface area contributed by atoms with Crippen molar-refractivity contribution in [1.82, 2.24) is 5.32 Å². The van der Waals surface area contributed by atoms with Crippen LogP contribution in [0, 0.1) is 0 Å². The van der Waals surface area contributed by atoms with Gasteiger partial charge in [-0.05, 0) is 66.6 Å². The van der Waals surface area contributed by atoms with Crippen molar-refractivity contribution in [3.63, 3.8) is 0 Å². The summed E-state index contributed by atoms with van der Waals surface area (Å²) >= 11 is 3.42. The number of hydrogen-bond acceptors (Lipinski definition) is 2. The Morgan fingerprint density at radius 1 is 1.21 bits per heavy atom. The minimum absolute atomic E-state index is 0. The summed E-state index contributed by atoms with van der Waals surface area (Å²) in [6, 6.07) is 14.3. The molecule has 0 saturated carbocycles. The van der Waals surface area contributed by atoms with Crippen molar-refractivity contribution in [3.05, 3.63) is 63.6 Å². The van der Waals surface area contributed by atoms with Gasteiger partial charge in [0.25, 0.3) is 0 Å². The third kappa shape index (κ3) is 4.74. The van der Waals surface area contributed by atoms with Crippen LogP contribution in [-0.2, 0) is 17.6 Å². The Morgan fingerprint density at radius 2 is 1.96 bits per heavy atom. The molecule has 0 fully saturated rings. The number of rotatable bonds is 4. The number of halogens is 2. The number of carbonyl (C=O) groups excluding carboxylic acids is 1. The highest BCUT2D eigenvalue weighted by Crippen LogP contribution is 2.31. The van der Waals surface area contributed by atoms with Gasteiger partial charge in [-0.25, -0.2) is 0 Å². The minimum Gasteiger partial charge on any atom is -0.399 e. The van der Waals surface area contributed by atoms with Crippen LogP contribution in [0.25, 0.3) is 0 Å². The van der Waals surface area contributed by atoms with Crippen molar-refractivity contribution >= 4 is 39.9 Å². The first kappa shape index (κ1) is 18.8. The molecule has 24 heavy (non-hydrogen) atoms. The van der Waals surface area contributed by atoms with Crippen LogP contribution in [0.4, 0.5) is 5.69 Å². The van der Waals surface area contributed by atoms with Crippen molar-refractivity contribution in [2.75, 3.05) is 5.73 Å². The molecule has 1 amide bonds. The standard InChI is InChI=1S/C19H21BrN2O.ClH/c20-15-7-4-13(5-8-15)6-11-19(23)22-18-3-1-2-14-12-16(21)9-10-17(14)18;/h4-5,7-10,12,18H,1-3,6,11,21H2,(H,22,23);1H. The summed E-state index contributed by atoms with van der Waals surface area (Å²) in [5, 5.41) is 3.19. The van der Waals surface area contributed by atoms with Crippen molar-refractivity contribution in [3.8, 4) is 0 Å². The van der Waals surface area contributed by atoms with Crippen LogP contribution >= 0.6 is 28.3 Å². The summed E-state index contributed by atoms with van der Waals surface area (Å²) in [5.74, 6) is 0.114. The van der Waals surface area contributed by atoms with E-state index in [1.165, 1.54) is 16.7 Å². The van der Waals surface area contributed by atoms with E-state index in [0.29, 0.717) is 6.42 Å². The second-order valence-corrected chi connectivity index (χ2v) is 7.01. The van der Waals surface area contributed by atoms with Gasteiger partial charge in [0.15, 0.2) is 0 Å². The van der Waals surface area contributed by atoms with Gasteiger partial charge < -0.3 is 11.1 Å². The molecule has 5 heteroatoms. The SMILES string of the molecule is Cl.Nc1ccc2c(c1)CCCC2NC(=O)CCc1ccc(Br)cc1. The van der Waals surface area contributed by atoms with Gasteiger partial charge in [0.2, 0.25) is 5.91 Å². The molecule has 0 radical (unpaired) electrons. The minimum atomic E-state index is 0. The number of aryl methyl sites for hydroxylation is 2. The van der Waals surface area contributed by atoms with E-state index >= 15 is 0 Å². The van der Waals surface area contributed by atoms with Gasteiger partial charge in [0.1, 0.15) is 0 Å². The van der Waals surface area contributed by atoms with Gasteiger partial charge >= 0.3 is 0 Å². The van der Waals surface area contributed by atoms with Crippen molar-refractivity contribution in [1.29, 1.82) is 0 Å². The molecule has 1 aliphatic rings. The number of benzene rings is 2. The number of amides is 1. The van der Waals surface area contributed by atoms with Crippen molar-refractivity contribution < 1.29 is 4.79 Å². The Balaban J connectivity index is 0.00000208. The Labute approximate surface area is 157 Å². The molecule has 0 saturated heterocycles. The highest BCUT2D eigenvalue weighted by atomic mass is 79.9. The van der Waals surface area contributed by atoms with Gasteiger partial charge in [-0.3, -0.25) is 4.79 Å². The number of anilines is 1. The Morgan fingerprint density at radius 3 is 2.71 bits per heavy atom. The van der Waals surface area contributed by atoms with Crippen LogP contribution in [-0.4, -0.2) is 5.91 Å². The van der Waals surface area contributed by atoms with E-state index in [1.54, 1.807) is 0 Å². The maximum atomic E-state index is 12.3. The number of hydrogen-bond donors (Lipinski definition) is 2. The molecule has 0 aliphatic heterocycles. The van der Waals surface area contributed by atoms with E-state index < -0.39 is 0 Å². The molecule has 2 aromatic carbocycles. The van der Waals surface area contributed by atoms with Gasteiger partial charge in [-0.1, -0.05) is 34.1 Å². The second kappa shape index (κ2) is 8.54. The first-order valence-corrected chi connectivity index (χ1v) is 8.83. The first-order valence-electron chi connectivity index (χ1n) is 8.04. The number of carbonyl (C=O) groups is 1. The average Bonchev–Trinajstić information content (AvgIpc) is 2.54. The quantitative estimate of drug-likeness (QED) is 0.726. The van der Waals surface area contributed by atoms with Gasteiger partial charge in [0.05, 0.1) is 6.04 Å². The first-order chi connectivity index (χ1) is 11.1. The highest BCUT2D eigenvalue weighted by molar-refractivity contribution is 9.10. The lowest BCUT2D eigenvalue weighted by atomic mass is 9.87. The van der Waals surface area contributed by atoms with E-state index in [9.17, 15) is 4.79 Å². The molecule has 0 heterocycles. The van der Waals surface area contributed by atoms with Crippen LogP contribution in [0.2, 0.25) is 0 Å². The maximum Gasteiger partial charge on any atom is 0.220 e. The average molecular weight is 410 g/mol. The summed E-state index contributed by atoms with van der Waals surface area (Å²) in [6.07, 6.45) is 4.42. The molecule has 1 aliphatic carbocycles. The third-order valence-electron chi connectivity index (χ3n) is 4.37. The van der Waals surface area contributed by atoms with Crippen LogP contribution in [0.1, 0.15) is 42.0 Å². The van der Waals surface area contributed by atoms with Crippen LogP contribution in [0.5, 0.6) is 0 Å². The number of nitrogens with one attached hydrogen (secondary N) is 1. The predicted molar refractivity (Wildman–Crippen MR) is 104 cm³/mol. The fourth-order valence-electron chi connectivity index (χ4n) is 3.16. The number of fused-ring (bicyclic) bond motifs is 1. The van der Waals surface area contributed by atoms with E-state index in [2.05, 4.69) is 39.4 Å². The number of nitrogens with two attached hydrogens (primary N) is 1. The van der Waals surface area contributed by atoms with Gasteiger partial charge in [-0.15, -0.1) is 12.4 Å². The summed E-state index contributed by atoms with van der Waals surface area (Å²) < 4.78 is 1.06. The molecule has 3 N–H and O–H groups in total. The largest absolute Gasteiger partial charge is 0.399 e. The smallest absolute Gasteiger partial charge is 0.220 e. The van der Waals surface area contributed by atoms with Gasteiger partial charge in [-0.2, -0.15) is 0 Å². The third-order valence-corrected chi connectivity index (χ3v) is 4.90. The van der Waals surface area contributed by atoms with Crippen molar-refractivity contribution in [2.45, 2.75) is 38.1 Å².